The topological polar surface area (TPSA) is 84.9 Å². The van der Waals surface area contributed by atoms with E-state index in [1.54, 1.807) is 50.2 Å². The zero-order valence-corrected chi connectivity index (χ0v) is 17.9. The minimum absolute atomic E-state index is 0.158. The summed E-state index contributed by atoms with van der Waals surface area (Å²) in [6, 6.07) is 13.2. The van der Waals surface area contributed by atoms with Gasteiger partial charge in [0.05, 0.1) is 11.5 Å². The second kappa shape index (κ2) is 10.8. The molecule has 29 heavy (non-hydrogen) atoms. The van der Waals surface area contributed by atoms with Crippen molar-refractivity contribution in [1.82, 2.24) is 4.31 Å². The molecule has 0 radical (unpaired) electrons. The van der Waals surface area contributed by atoms with Crippen molar-refractivity contribution in [3.8, 4) is 11.5 Å². The summed E-state index contributed by atoms with van der Waals surface area (Å²) in [5, 5.41) is 2.69. The van der Waals surface area contributed by atoms with Crippen molar-refractivity contribution in [2.24, 2.45) is 0 Å². The number of carbonyl (C=O) groups excluding carboxylic acids is 1. The van der Waals surface area contributed by atoms with Crippen LogP contribution in [0.15, 0.2) is 53.4 Å². The normalized spacial score (nSPS) is 11.3. The Morgan fingerprint density at radius 3 is 1.97 bits per heavy atom. The molecule has 8 heteroatoms. The van der Waals surface area contributed by atoms with Gasteiger partial charge in [0.1, 0.15) is 11.5 Å². The Morgan fingerprint density at radius 2 is 1.45 bits per heavy atom. The van der Waals surface area contributed by atoms with Crippen LogP contribution in [-0.4, -0.2) is 44.9 Å². The summed E-state index contributed by atoms with van der Waals surface area (Å²) in [7, 11) is -3.52. The molecule has 0 heterocycles. The Balaban J connectivity index is 1.89. The van der Waals surface area contributed by atoms with Gasteiger partial charge in [-0.1, -0.05) is 20.8 Å². The van der Waals surface area contributed by atoms with Crippen molar-refractivity contribution < 1.29 is 22.7 Å². The first-order valence-corrected chi connectivity index (χ1v) is 11.1. The summed E-state index contributed by atoms with van der Waals surface area (Å²) >= 11 is 0. The van der Waals surface area contributed by atoms with Gasteiger partial charge in [-0.05, 0) is 55.0 Å². The number of rotatable bonds is 11. The predicted molar refractivity (Wildman–Crippen MR) is 113 cm³/mol. The molecule has 158 valence electrons. The lowest BCUT2D eigenvalue weighted by Gasteiger charge is -2.18. The highest BCUT2D eigenvalue weighted by Gasteiger charge is 2.21. The van der Waals surface area contributed by atoms with E-state index < -0.39 is 10.0 Å². The largest absolute Gasteiger partial charge is 0.494 e. The highest BCUT2D eigenvalue weighted by Crippen LogP contribution is 2.19. The first kappa shape index (κ1) is 22.7. The van der Waals surface area contributed by atoms with Crippen LogP contribution in [0.25, 0.3) is 0 Å². The molecular formula is C21H28N2O5S. The SMILES string of the molecule is CCCOc1ccc(OCC(=O)Nc2ccc(S(=O)(=O)N(CC)CC)cc2)cc1. The van der Waals surface area contributed by atoms with E-state index in [1.165, 1.54) is 16.4 Å². The summed E-state index contributed by atoms with van der Waals surface area (Å²) in [4.78, 5) is 12.3. The van der Waals surface area contributed by atoms with Crippen LogP contribution in [-0.2, 0) is 14.8 Å². The molecule has 2 aromatic rings. The molecule has 0 aliphatic heterocycles. The van der Waals surface area contributed by atoms with Crippen molar-refractivity contribution in [1.29, 1.82) is 0 Å². The van der Waals surface area contributed by atoms with E-state index in [1.807, 2.05) is 6.92 Å². The summed E-state index contributed by atoms with van der Waals surface area (Å²) in [6.07, 6.45) is 0.931. The lowest BCUT2D eigenvalue weighted by molar-refractivity contribution is -0.118. The molecule has 0 atom stereocenters. The molecule has 2 aromatic carbocycles. The predicted octanol–water partition coefficient (Wildman–Crippen LogP) is 3.52. The quantitative estimate of drug-likeness (QED) is 0.601. The molecule has 7 nitrogen and oxygen atoms in total. The standard InChI is InChI=1S/C21H28N2O5S/c1-4-15-27-18-9-11-19(12-10-18)28-16-21(24)22-17-7-13-20(14-8-17)29(25,26)23(5-2)6-3/h7-14H,4-6,15-16H2,1-3H3,(H,22,24). The molecule has 0 bridgehead atoms. The average Bonchev–Trinajstić information content (AvgIpc) is 2.72. The van der Waals surface area contributed by atoms with Gasteiger partial charge in [0.2, 0.25) is 10.0 Å². The first-order chi connectivity index (χ1) is 13.9. The van der Waals surface area contributed by atoms with Gasteiger partial charge < -0.3 is 14.8 Å². The van der Waals surface area contributed by atoms with Crippen molar-refractivity contribution in [3.05, 3.63) is 48.5 Å². The molecular weight excluding hydrogens is 392 g/mol. The third kappa shape index (κ3) is 6.47. The minimum Gasteiger partial charge on any atom is -0.494 e. The Labute approximate surface area is 172 Å². The number of hydrogen-bond acceptors (Lipinski definition) is 5. The van der Waals surface area contributed by atoms with Crippen LogP contribution in [0.2, 0.25) is 0 Å². The number of nitrogens with one attached hydrogen (secondary N) is 1. The minimum atomic E-state index is -3.52. The van der Waals surface area contributed by atoms with Gasteiger partial charge in [-0.3, -0.25) is 4.79 Å². The van der Waals surface area contributed by atoms with Crippen molar-refractivity contribution in [2.45, 2.75) is 32.1 Å². The summed E-state index contributed by atoms with van der Waals surface area (Å²) in [5.41, 5.74) is 0.500. The zero-order valence-electron chi connectivity index (χ0n) is 17.1. The van der Waals surface area contributed by atoms with Gasteiger partial charge in [0.25, 0.3) is 5.91 Å². The van der Waals surface area contributed by atoms with Crippen LogP contribution in [0.1, 0.15) is 27.2 Å². The maximum atomic E-state index is 12.5. The molecule has 2 rings (SSSR count). The smallest absolute Gasteiger partial charge is 0.262 e. The lowest BCUT2D eigenvalue weighted by atomic mass is 10.3. The molecule has 1 N–H and O–H groups in total. The number of anilines is 1. The number of hydrogen-bond donors (Lipinski definition) is 1. The van der Waals surface area contributed by atoms with Crippen molar-refractivity contribution in [2.75, 3.05) is 31.6 Å². The van der Waals surface area contributed by atoms with Gasteiger partial charge in [-0.15, -0.1) is 0 Å². The molecule has 0 saturated heterocycles. The van der Waals surface area contributed by atoms with Crippen LogP contribution in [0.4, 0.5) is 5.69 Å². The van der Waals surface area contributed by atoms with Crippen LogP contribution in [0.3, 0.4) is 0 Å². The van der Waals surface area contributed by atoms with E-state index in [0.717, 1.165) is 12.2 Å². The van der Waals surface area contributed by atoms with Gasteiger partial charge in [-0.25, -0.2) is 8.42 Å². The molecule has 0 aliphatic carbocycles. The number of benzene rings is 2. The zero-order chi connectivity index (χ0) is 21.3. The number of nitrogens with zero attached hydrogens (tertiary/aromatic N) is 1. The Morgan fingerprint density at radius 1 is 0.897 bits per heavy atom. The fourth-order valence-electron chi connectivity index (χ4n) is 2.62. The number of sulfonamides is 1. The second-order valence-electron chi connectivity index (χ2n) is 6.27. The van der Waals surface area contributed by atoms with Crippen molar-refractivity contribution >= 4 is 21.6 Å². The fourth-order valence-corrected chi connectivity index (χ4v) is 4.08. The Hall–Kier alpha value is -2.58. The summed E-state index contributed by atoms with van der Waals surface area (Å²) in [5.74, 6) is 0.976. The fraction of sp³-hybridized carbons (Fsp3) is 0.381. The van der Waals surface area contributed by atoms with E-state index >= 15 is 0 Å². The number of amides is 1. The van der Waals surface area contributed by atoms with Gasteiger partial charge in [-0.2, -0.15) is 4.31 Å². The van der Waals surface area contributed by atoms with Crippen LogP contribution < -0.4 is 14.8 Å². The maximum absolute atomic E-state index is 12.5. The third-order valence-corrected chi connectivity index (χ3v) is 6.21. The average molecular weight is 421 g/mol. The van der Waals surface area contributed by atoms with E-state index in [4.69, 9.17) is 9.47 Å². The molecule has 1 amide bonds. The molecule has 0 unspecified atom stereocenters. The Kier molecular flexibility index (Phi) is 8.48. The molecule has 0 aliphatic rings. The number of carbonyl (C=O) groups is 1. The van der Waals surface area contributed by atoms with E-state index in [2.05, 4.69) is 5.32 Å². The summed E-state index contributed by atoms with van der Waals surface area (Å²) < 4.78 is 37.3. The van der Waals surface area contributed by atoms with Crippen LogP contribution >= 0.6 is 0 Å². The molecule has 0 saturated carbocycles. The summed E-state index contributed by atoms with van der Waals surface area (Å²) in [6.45, 7) is 6.92. The molecule has 0 fully saturated rings. The lowest BCUT2D eigenvalue weighted by Crippen LogP contribution is -2.30. The molecule has 0 aromatic heterocycles. The molecule has 0 spiro atoms. The first-order valence-electron chi connectivity index (χ1n) is 9.66. The third-order valence-electron chi connectivity index (χ3n) is 4.15. The Bertz CT molecular complexity index is 876. The van der Waals surface area contributed by atoms with E-state index in [9.17, 15) is 13.2 Å². The maximum Gasteiger partial charge on any atom is 0.262 e. The van der Waals surface area contributed by atoms with Crippen LogP contribution in [0.5, 0.6) is 11.5 Å². The van der Waals surface area contributed by atoms with Crippen molar-refractivity contribution in [3.63, 3.8) is 0 Å². The second-order valence-corrected chi connectivity index (χ2v) is 8.21. The van der Waals surface area contributed by atoms with Gasteiger partial charge in [0, 0.05) is 18.8 Å². The van der Waals surface area contributed by atoms with Gasteiger partial charge in [0.15, 0.2) is 6.61 Å². The van der Waals surface area contributed by atoms with Gasteiger partial charge >= 0.3 is 0 Å². The highest BCUT2D eigenvalue weighted by molar-refractivity contribution is 7.89. The monoisotopic (exact) mass is 420 g/mol. The van der Waals surface area contributed by atoms with Crippen LogP contribution in [0, 0.1) is 0 Å². The highest BCUT2D eigenvalue weighted by atomic mass is 32.2. The van der Waals surface area contributed by atoms with E-state index in [-0.39, 0.29) is 17.4 Å². The number of ether oxygens (including phenoxy) is 2. The van der Waals surface area contributed by atoms with E-state index in [0.29, 0.717) is 31.1 Å².